The predicted octanol–water partition coefficient (Wildman–Crippen LogP) is 4.48. The summed E-state index contributed by atoms with van der Waals surface area (Å²) < 4.78 is 10.9. The van der Waals surface area contributed by atoms with Crippen LogP contribution in [-0.4, -0.2) is 29.5 Å². The first-order valence-corrected chi connectivity index (χ1v) is 9.70. The highest BCUT2D eigenvalue weighted by atomic mass is 35.5. The zero-order valence-corrected chi connectivity index (χ0v) is 16.8. The van der Waals surface area contributed by atoms with Crippen molar-refractivity contribution in [3.8, 4) is 17.2 Å². The van der Waals surface area contributed by atoms with Crippen molar-refractivity contribution < 1.29 is 19.2 Å². The van der Waals surface area contributed by atoms with Crippen LogP contribution in [0, 0.1) is 10.1 Å². The van der Waals surface area contributed by atoms with E-state index in [1.54, 1.807) is 12.3 Å². The molecule has 1 amide bonds. The van der Waals surface area contributed by atoms with Gasteiger partial charge in [0.15, 0.2) is 11.5 Å². The van der Waals surface area contributed by atoms with Crippen LogP contribution < -0.4 is 14.8 Å². The highest BCUT2D eigenvalue weighted by Crippen LogP contribution is 2.37. The number of thiazole rings is 1. The van der Waals surface area contributed by atoms with E-state index in [2.05, 4.69) is 10.3 Å². The zero-order valence-electron chi connectivity index (χ0n) is 15.3. The van der Waals surface area contributed by atoms with Crippen LogP contribution in [0.3, 0.4) is 0 Å². The smallest absolute Gasteiger partial charge is 0.313 e. The number of nitro groups is 1. The molecule has 0 unspecified atom stereocenters. The Hall–Kier alpha value is -3.17. The average Bonchev–Trinajstić information content (AvgIpc) is 3.22. The summed E-state index contributed by atoms with van der Waals surface area (Å²) in [5, 5.41) is 17.1. The molecule has 0 radical (unpaired) electrons. The number of carbonyl (C=O) groups is 1. The van der Waals surface area contributed by atoms with Gasteiger partial charge in [0.2, 0.25) is 5.75 Å². The molecule has 2 aromatic carbocycles. The third-order valence-corrected chi connectivity index (χ3v) is 4.95. The lowest BCUT2D eigenvalue weighted by Crippen LogP contribution is -2.25. The number of amides is 1. The number of carbonyl (C=O) groups excluding carboxylic acids is 1. The van der Waals surface area contributed by atoms with Crippen LogP contribution in [0.2, 0.25) is 5.02 Å². The molecule has 0 spiro atoms. The van der Waals surface area contributed by atoms with Gasteiger partial charge in [0.05, 0.1) is 17.0 Å². The Kier molecular flexibility index (Phi) is 6.63. The topological polar surface area (TPSA) is 104 Å². The minimum Gasteiger partial charge on any atom is -0.493 e. The molecule has 1 aromatic heterocycles. The highest BCUT2D eigenvalue weighted by molar-refractivity contribution is 7.09. The molecule has 0 saturated heterocycles. The Morgan fingerprint density at radius 1 is 1.24 bits per heavy atom. The van der Waals surface area contributed by atoms with Crippen molar-refractivity contribution in [1.82, 2.24) is 10.3 Å². The van der Waals surface area contributed by atoms with Crippen molar-refractivity contribution in [2.24, 2.45) is 0 Å². The first kappa shape index (κ1) is 20.6. The molecule has 1 heterocycles. The maximum Gasteiger partial charge on any atom is 0.313 e. The van der Waals surface area contributed by atoms with Crippen molar-refractivity contribution in [2.45, 2.75) is 6.42 Å². The van der Waals surface area contributed by atoms with Gasteiger partial charge in [0.1, 0.15) is 0 Å². The molecular weight excluding hydrogens is 418 g/mol. The fourth-order valence-electron chi connectivity index (χ4n) is 2.49. The lowest BCUT2D eigenvalue weighted by molar-refractivity contribution is -0.385. The number of hydrogen-bond donors (Lipinski definition) is 1. The highest BCUT2D eigenvalue weighted by Gasteiger charge is 2.19. The van der Waals surface area contributed by atoms with Crippen LogP contribution in [0.25, 0.3) is 0 Å². The van der Waals surface area contributed by atoms with Crippen LogP contribution in [0.15, 0.2) is 48.0 Å². The first-order chi connectivity index (χ1) is 14.0. The summed E-state index contributed by atoms with van der Waals surface area (Å²) in [6, 6.07) is 8.68. The molecule has 3 aromatic rings. The minimum absolute atomic E-state index is 0.0124. The van der Waals surface area contributed by atoms with Gasteiger partial charge in [0.25, 0.3) is 5.91 Å². The summed E-state index contributed by atoms with van der Waals surface area (Å²) in [5.74, 6) is 0.237. The molecule has 0 bridgehead atoms. The van der Waals surface area contributed by atoms with Crippen LogP contribution in [0.5, 0.6) is 17.2 Å². The normalized spacial score (nSPS) is 10.4. The summed E-state index contributed by atoms with van der Waals surface area (Å²) in [6.07, 6.45) is 2.36. The van der Waals surface area contributed by atoms with Crippen LogP contribution >= 0.6 is 22.9 Å². The molecule has 8 nitrogen and oxygen atoms in total. The molecule has 29 heavy (non-hydrogen) atoms. The number of nitrogens with zero attached hydrogens (tertiary/aromatic N) is 2. The van der Waals surface area contributed by atoms with E-state index in [9.17, 15) is 14.9 Å². The molecule has 10 heteroatoms. The third kappa shape index (κ3) is 5.21. The van der Waals surface area contributed by atoms with Gasteiger partial charge in [-0.05, 0) is 30.3 Å². The van der Waals surface area contributed by atoms with Gasteiger partial charge in [-0.3, -0.25) is 14.9 Å². The molecule has 0 fully saturated rings. The van der Waals surface area contributed by atoms with Gasteiger partial charge in [-0.15, -0.1) is 11.3 Å². The number of ether oxygens (including phenoxy) is 2. The third-order valence-electron chi connectivity index (χ3n) is 3.87. The number of nitro benzene ring substituents is 1. The zero-order chi connectivity index (χ0) is 20.8. The van der Waals surface area contributed by atoms with Crippen LogP contribution in [0.4, 0.5) is 5.69 Å². The molecule has 0 aliphatic heterocycles. The number of aromatic nitrogens is 1. The maximum atomic E-state index is 12.4. The van der Waals surface area contributed by atoms with Gasteiger partial charge in [-0.1, -0.05) is 11.6 Å². The van der Waals surface area contributed by atoms with Crippen molar-refractivity contribution in [3.05, 3.63) is 73.7 Å². The summed E-state index contributed by atoms with van der Waals surface area (Å²) in [5.41, 5.74) is 0.0995. The maximum absolute atomic E-state index is 12.4. The largest absolute Gasteiger partial charge is 0.493 e. The minimum atomic E-state index is -0.585. The number of nitrogens with one attached hydrogen (secondary N) is 1. The summed E-state index contributed by atoms with van der Waals surface area (Å²) in [7, 11) is 1.42. The first-order valence-electron chi connectivity index (χ1n) is 8.44. The molecule has 0 saturated carbocycles. The second-order valence-electron chi connectivity index (χ2n) is 5.77. The van der Waals surface area contributed by atoms with Crippen molar-refractivity contribution >= 4 is 34.5 Å². The molecule has 0 aliphatic rings. The van der Waals surface area contributed by atoms with E-state index in [1.165, 1.54) is 48.8 Å². The molecule has 0 aliphatic carbocycles. The number of halogens is 1. The second kappa shape index (κ2) is 9.35. The molecule has 0 atom stereocenters. The SMILES string of the molecule is COc1cc(C(=O)NCCc2nccs2)ccc1Oc1ccc(Cl)cc1[N+](=O)[O-]. The van der Waals surface area contributed by atoms with E-state index in [-0.39, 0.29) is 33.9 Å². The molecule has 150 valence electrons. The van der Waals surface area contributed by atoms with E-state index in [1.807, 2.05) is 5.38 Å². The van der Waals surface area contributed by atoms with E-state index >= 15 is 0 Å². The monoisotopic (exact) mass is 433 g/mol. The number of hydrogen-bond acceptors (Lipinski definition) is 7. The molecular formula is C19H16ClN3O5S. The van der Waals surface area contributed by atoms with E-state index in [0.29, 0.717) is 18.5 Å². The van der Waals surface area contributed by atoms with Crippen molar-refractivity contribution in [3.63, 3.8) is 0 Å². The molecule has 3 rings (SSSR count). The Morgan fingerprint density at radius 3 is 2.72 bits per heavy atom. The Morgan fingerprint density at radius 2 is 2.03 bits per heavy atom. The van der Waals surface area contributed by atoms with Crippen molar-refractivity contribution in [1.29, 1.82) is 0 Å². The standard InChI is InChI=1S/C19H16ClN3O5S/c1-27-17-10-12(19(24)22-7-6-18-21-8-9-29-18)2-4-16(17)28-15-5-3-13(20)11-14(15)23(25)26/h2-5,8-11H,6-7H2,1H3,(H,22,24). The Balaban J connectivity index is 1.73. The second-order valence-corrected chi connectivity index (χ2v) is 7.18. The lowest BCUT2D eigenvalue weighted by Gasteiger charge is -2.12. The summed E-state index contributed by atoms with van der Waals surface area (Å²) >= 11 is 7.35. The van der Waals surface area contributed by atoms with Gasteiger partial charge in [-0.25, -0.2) is 4.98 Å². The predicted molar refractivity (Wildman–Crippen MR) is 109 cm³/mol. The van der Waals surface area contributed by atoms with Crippen molar-refractivity contribution in [2.75, 3.05) is 13.7 Å². The number of benzene rings is 2. The van der Waals surface area contributed by atoms with Gasteiger partial charge in [0, 0.05) is 41.2 Å². The lowest BCUT2D eigenvalue weighted by atomic mass is 10.2. The van der Waals surface area contributed by atoms with Gasteiger partial charge in [-0.2, -0.15) is 0 Å². The van der Waals surface area contributed by atoms with Gasteiger partial charge >= 0.3 is 5.69 Å². The van der Waals surface area contributed by atoms with E-state index in [0.717, 1.165) is 5.01 Å². The van der Waals surface area contributed by atoms with Crippen LogP contribution in [0.1, 0.15) is 15.4 Å². The van der Waals surface area contributed by atoms with Crippen LogP contribution in [-0.2, 0) is 6.42 Å². The summed E-state index contributed by atoms with van der Waals surface area (Å²) in [6.45, 7) is 0.448. The summed E-state index contributed by atoms with van der Waals surface area (Å²) in [4.78, 5) is 27.2. The Bertz CT molecular complexity index is 1030. The van der Waals surface area contributed by atoms with E-state index in [4.69, 9.17) is 21.1 Å². The Labute approximate surface area is 175 Å². The van der Waals surface area contributed by atoms with E-state index < -0.39 is 4.92 Å². The fraction of sp³-hybridized carbons (Fsp3) is 0.158. The molecule has 1 N–H and O–H groups in total. The number of methoxy groups -OCH3 is 1. The van der Waals surface area contributed by atoms with Gasteiger partial charge < -0.3 is 14.8 Å². The quantitative estimate of drug-likeness (QED) is 0.415. The average molecular weight is 434 g/mol. The fourth-order valence-corrected chi connectivity index (χ4v) is 3.28. The number of rotatable bonds is 8.